The van der Waals surface area contributed by atoms with Gasteiger partial charge in [0, 0.05) is 5.41 Å². The predicted molar refractivity (Wildman–Crippen MR) is 77.8 cm³/mol. The van der Waals surface area contributed by atoms with E-state index < -0.39 is 0 Å². The second-order valence-electron chi connectivity index (χ2n) is 6.60. The smallest absolute Gasteiger partial charge is 0.0773 e. The minimum atomic E-state index is 0.129. The van der Waals surface area contributed by atoms with E-state index in [1.165, 1.54) is 64.2 Å². The van der Waals surface area contributed by atoms with Crippen molar-refractivity contribution in [1.82, 2.24) is 0 Å². The first-order valence-corrected chi connectivity index (χ1v) is 7.97. The topological polar surface area (TPSA) is 9.23 Å². The van der Waals surface area contributed by atoms with E-state index in [1.807, 2.05) is 0 Å². The maximum absolute atomic E-state index is 6.62. The summed E-state index contributed by atoms with van der Waals surface area (Å²) in [7, 11) is 0. The molecule has 0 aromatic heterocycles. The first-order valence-electron chi connectivity index (χ1n) is 7.97. The van der Waals surface area contributed by atoms with Crippen molar-refractivity contribution in [2.75, 3.05) is 0 Å². The van der Waals surface area contributed by atoms with Gasteiger partial charge in [-0.1, -0.05) is 39.2 Å². The van der Waals surface area contributed by atoms with Crippen LogP contribution in [0.15, 0.2) is 12.7 Å². The van der Waals surface area contributed by atoms with Gasteiger partial charge in [0.15, 0.2) is 0 Å². The van der Waals surface area contributed by atoms with Crippen molar-refractivity contribution < 1.29 is 4.74 Å². The van der Waals surface area contributed by atoms with Crippen LogP contribution in [-0.4, -0.2) is 11.7 Å². The van der Waals surface area contributed by atoms with Crippen molar-refractivity contribution in [2.24, 2.45) is 5.41 Å². The Bertz CT molecular complexity index is 285. The zero-order valence-corrected chi connectivity index (χ0v) is 12.3. The highest BCUT2D eigenvalue weighted by Gasteiger charge is 2.52. The first kappa shape index (κ1) is 14.1. The second-order valence-corrected chi connectivity index (χ2v) is 6.60. The van der Waals surface area contributed by atoms with Crippen molar-refractivity contribution in [3.05, 3.63) is 12.7 Å². The van der Waals surface area contributed by atoms with Crippen molar-refractivity contribution in [1.29, 1.82) is 0 Å². The fourth-order valence-electron chi connectivity index (χ4n) is 4.02. The molecule has 0 bridgehead atoms. The molecule has 0 aromatic carbocycles. The van der Waals surface area contributed by atoms with Crippen LogP contribution in [0, 0.1) is 5.41 Å². The zero-order valence-electron chi connectivity index (χ0n) is 12.3. The van der Waals surface area contributed by atoms with Crippen LogP contribution in [0.2, 0.25) is 0 Å². The van der Waals surface area contributed by atoms with Crippen LogP contribution < -0.4 is 0 Å². The van der Waals surface area contributed by atoms with Gasteiger partial charge in [0.1, 0.15) is 0 Å². The standard InChI is InChI=1S/C17H30O/c1-4-6-7-10-15-11-8-13-17(18-15)14-9-12-16(17,3)5-2/h5,15H,2,4,6-14H2,1,3H3/t15-,16+,17-/m0/s1. The van der Waals surface area contributed by atoms with Gasteiger partial charge in [-0.05, 0) is 44.9 Å². The number of hydrogen-bond acceptors (Lipinski definition) is 1. The summed E-state index contributed by atoms with van der Waals surface area (Å²) >= 11 is 0. The van der Waals surface area contributed by atoms with E-state index >= 15 is 0 Å². The molecule has 0 radical (unpaired) electrons. The highest BCUT2D eigenvalue weighted by molar-refractivity contribution is 5.12. The molecule has 2 fully saturated rings. The highest BCUT2D eigenvalue weighted by atomic mass is 16.5. The maximum Gasteiger partial charge on any atom is 0.0773 e. The summed E-state index contributed by atoms with van der Waals surface area (Å²) in [6.07, 6.45) is 15.6. The summed E-state index contributed by atoms with van der Waals surface area (Å²) in [6, 6.07) is 0. The summed E-state index contributed by atoms with van der Waals surface area (Å²) < 4.78 is 6.62. The SMILES string of the molecule is C=C[C@]1(C)CCC[C@@]12CCC[C@H](CCCCC)O2. The van der Waals surface area contributed by atoms with Crippen molar-refractivity contribution >= 4 is 0 Å². The van der Waals surface area contributed by atoms with Gasteiger partial charge in [0.05, 0.1) is 11.7 Å². The van der Waals surface area contributed by atoms with Crippen LogP contribution in [0.25, 0.3) is 0 Å². The molecule has 2 aliphatic rings. The number of rotatable bonds is 5. The molecule has 0 unspecified atom stereocenters. The molecule has 0 N–H and O–H groups in total. The van der Waals surface area contributed by atoms with Gasteiger partial charge in [0.25, 0.3) is 0 Å². The summed E-state index contributed by atoms with van der Waals surface area (Å²) in [5.74, 6) is 0. The van der Waals surface area contributed by atoms with Crippen LogP contribution in [-0.2, 0) is 4.74 Å². The summed E-state index contributed by atoms with van der Waals surface area (Å²) in [5.41, 5.74) is 0.348. The highest BCUT2D eigenvalue weighted by Crippen LogP contribution is 2.54. The maximum atomic E-state index is 6.62. The van der Waals surface area contributed by atoms with E-state index in [1.54, 1.807) is 0 Å². The largest absolute Gasteiger partial charge is 0.371 e. The van der Waals surface area contributed by atoms with Crippen LogP contribution in [0.3, 0.4) is 0 Å². The second kappa shape index (κ2) is 5.77. The number of ether oxygens (including phenoxy) is 1. The molecular formula is C17H30O. The van der Waals surface area contributed by atoms with Gasteiger partial charge in [-0.25, -0.2) is 0 Å². The van der Waals surface area contributed by atoms with Crippen molar-refractivity contribution in [2.45, 2.75) is 89.8 Å². The molecule has 0 amide bonds. The van der Waals surface area contributed by atoms with E-state index in [2.05, 4.69) is 26.5 Å². The lowest BCUT2D eigenvalue weighted by Gasteiger charge is -2.47. The molecule has 1 saturated heterocycles. The average Bonchev–Trinajstić information content (AvgIpc) is 2.68. The Kier molecular flexibility index (Phi) is 4.53. The minimum Gasteiger partial charge on any atom is -0.371 e. The Labute approximate surface area is 113 Å². The quantitative estimate of drug-likeness (QED) is 0.478. The molecule has 2 rings (SSSR count). The summed E-state index contributed by atoms with van der Waals surface area (Å²) in [6.45, 7) is 8.72. The van der Waals surface area contributed by atoms with Gasteiger partial charge >= 0.3 is 0 Å². The third-order valence-corrected chi connectivity index (χ3v) is 5.40. The Morgan fingerprint density at radius 1 is 1.22 bits per heavy atom. The molecule has 104 valence electrons. The van der Waals surface area contributed by atoms with Crippen molar-refractivity contribution in [3.63, 3.8) is 0 Å². The normalized spacial score (nSPS) is 40.2. The van der Waals surface area contributed by atoms with Crippen molar-refractivity contribution in [3.8, 4) is 0 Å². The molecule has 1 heterocycles. The lowest BCUT2D eigenvalue weighted by molar-refractivity contribution is -0.166. The Hall–Kier alpha value is -0.300. The zero-order chi connectivity index (χ0) is 13.1. The predicted octanol–water partition coefficient (Wildman–Crippen LogP) is 5.25. The molecular weight excluding hydrogens is 220 g/mol. The van der Waals surface area contributed by atoms with Crippen LogP contribution in [0.5, 0.6) is 0 Å². The Balaban J connectivity index is 1.98. The van der Waals surface area contributed by atoms with Gasteiger partial charge in [-0.15, -0.1) is 6.58 Å². The van der Waals surface area contributed by atoms with E-state index in [0.717, 1.165) is 0 Å². The van der Waals surface area contributed by atoms with E-state index in [9.17, 15) is 0 Å². The molecule has 0 aromatic rings. The number of unbranched alkanes of at least 4 members (excludes halogenated alkanes) is 2. The first-order chi connectivity index (χ1) is 8.66. The summed E-state index contributed by atoms with van der Waals surface area (Å²) in [4.78, 5) is 0. The fourth-order valence-corrected chi connectivity index (χ4v) is 4.02. The van der Waals surface area contributed by atoms with E-state index in [4.69, 9.17) is 4.74 Å². The summed E-state index contributed by atoms with van der Waals surface area (Å²) in [5, 5.41) is 0. The third-order valence-electron chi connectivity index (χ3n) is 5.40. The van der Waals surface area contributed by atoms with Gasteiger partial charge in [0.2, 0.25) is 0 Å². The molecule has 1 heteroatoms. The van der Waals surface area contributed by atoms with Crippen LogP contribution in [0.4, 0.5) is 0 Å². The Morgan fingerprint density at radius 2 is 2.00 bits per heavy atom. The molecule has 18 heavy (non-hydrogen) atoms. The molecule has 3 atom stereocenters. The average molecular weight is 250 g/mol. The molecule has 1 saturated carbocycles. The van der Waals surface area contributed by atoms with Gasteiger partial charge in [-0.3, -0.25) is 0 Å². The number of hydrogen-bond donors (Lipinski definition) is 0. The monoisotopic (exact) mass is 250 g/mol. The molecule has 1 aliphatic heterocycles. The Morgan fingerprint density at radius 3 is 2.72 bits per heavy atom. The van der Waals surface area contributed by atoms with Crippen LogP contribution >= 0.6 is 0 Å². The lowest BCUT2D eigenvalue weighted by Crippen LogP contribution is -2.48. The van der Waals surface area contributed by atoms with E-state index in [-0.39, 0.29) is 11.0 Å². The van der Waals surface area contributed by atoms with Gasteiger partial charge in [-0.2, -0.15) is 0 Å². The third kappa shape index (κ3) is 2.52. The molecule has 1 nitrogen and oxygen atoms in total. The van der Waals surface area contributed by atoms with Gasteiger partial charge < -0.3 is 4.74 Å². The molecule has 1 aliphatic carbocycles. The fraction of sp³-hybridized carbons (Fsp3) is 0.882. The van der Waals surface area contributed by atoms with Crippen LogP contribution in [0.1, 0.15) is 78.1 Å². The van der Waals surface area contributed by atoms with E-state index in [0.29, 0.717) is 6.10 Å². The molecule has 1 spiro atoms. The minimum absolute atomic E-state index is 0.129. The lowest BCUT2D eigenvalue weighted by atomic mass is 9.71.